The maximum Gasteiger partial charge on any atom is 0.120 e. The Bertz CT molecular complexity index is 402. The summed E-state index contributed by atoms with van der Waals surface area (Å²) >= 11 is 0. The predicted molar refractivity (Wildman–Crippen MR) is 79.5 cm³/mol. The van der Waals surface area contributed by atoms with Crippen molar-refractivity contribution in [1.82, 2.24) is 5.32 Å². The van der Waals surface area contributed by atoms with Gasteiger partial charge in [-0.05, 0) is 31.7 Å². The molecule has 0 saturated heterocycles. The second-order valence-corrected chi connectivity index (χ2v) is 6.07. The van der Waals surface area contributed by atoms with Gasteiger partial charge in [-0.1, -0.05) is 31.5 Å². The van der Waals surface area contributed by atoms with Crippen molar-refractivity contribution in [3.05, 3.63) is 29.3 Å². The molecule has 0 bridgehead atoms. The SMILES string of the molecule is COCCC(C)(C)CNC(C)c1cc(C)ccc1O. The summed E-state index contributed by atoms with van der Waals surface area (Å²) in [5.41, 5.74) is 2.31. The fraction of sp³-hybridized carbons (Fsp3) is 0.625. The molecule has 0 aliphatic rings. The lowest BCUT2D eigenvalue weighted by atomic mass is 9.89. The standard InChI is InChI=1S/C16H27NO2/c1-12-6-7-15(18)14(10-12)13(2)17-11-16(3,4)8-9-19-5/h6-7,10,13,17-18H,8-9,11H2,1-5H3. The van der Waals surface area contributed by atoms with Gasteiger partial charge in [-0.3, -0.25) is 0 Å². The Morgan fingerprint density at radius 1 is 1.37 bits per heavy atom. The summed E-state index contributed by atoms with van der Waals surface area (Å²) in [6.07, 6.45) is 1.02. The van der Waals surface area contributed by atoms with Gasteiger partial charge in [0.15, 0.2) is 0 Å². The van der Waals surface area contributed by atoms with Crippen LogP contribution in [0.2, 0.25) is 0 Å². The highest BCUT2D eigenvalue weighted by Gasteiger charge is 2.19. The third-order valence-corrected chi connectivity index (χ3v) is 3.52. The minimum atomic E-state index is 0.140. The van der Waals surface area contributed by atoms with E-state index in [2.05, 4.69) is 26.1 Å². The Hall–Kier alpha value is -1.06. The molecule has 2 N–H and O–H groups in total. The summed E-state index contributed by atoms with van der Waals surface area (Å²) in [5.74, 6) is 0.361. The Morgan fingerprint density at radius 3 is 2.68 bits per heavy atom. The van der Waals surface area contributed by atoms with Gasteiger partial charge in [0, 0.05) is 31.9 Å². The number of benzene rings is 1. The third-order valence-electron chi connectivity index (χ3n) is 3.52. The van der Waals surface area contributed by atoms with Crippen molar-refractivity contribution in [3.8, 4) is 5.75 Å². The lowest BCUT2D eigenvalue weighted by molar-refractivity contribution is 0.149. The number of hydrogen-bond acceptors (Lipinski definition) is 3. The lowest BCUT2D eigenvalue weighted by Crippen LogP contribution is -2.32. The number of rotatable bonds is 7. The molecule has 19 heavy (non-hydrogen) atoms. The van der Waals surface area contributed by atoms with E-state index in [0.717, 1.165) is 25.1 Å². The van der Waals surface area contributed by atoms with Crippen molar-refractivity contribution in [2.45, 2.75) is 40.2 Å². The van der Waals surface area contributed by atoms with E-state index in [0.29, 0.717) is 5.75 Å². The number of aromatic hydroxyl groups is 1. The maximum absolute atomic E-state index is 9.92. The van der Waals surface area contributed by atoms with Crippen molar-refractivity contribution in [2.24, 2.45) is 5.41 Å². The van der Waals surface area contributed by atoms with E-state index >= 15 is 0 Å². The highest BCUT2D eigenvalue weighted by molar-refractivity contribution is 5.37. The van der Waals surface area contributed by atoms with Crippen LogP contribution in [0.1, 0.15) is 44.4 Å². The second-order valence-electron chi connectivity index (χ2n) is 6.07. The molecule has 108 valence electrons. The van der Waals surface area contributed by atoms with Crippen molar-refractivity contribution in [3.63, 3.8) is 0 Å². The average Bonchev–Trinajstić information content (AvgIpc) is 2.36. The zero-order chi connectivity index (χ0) is 14.5. The fourth-order valence-corrected chi connectivity index (χ4v) is 2.03. The summed E-state index contributed by atoms with van der Waals surface area (Å²) < 4.78 is 5.14. The number of aryl methyl sites for hydroxylation is 1. The van der Waals surface area contributed by atoms with E-state index in [4.69, 9.17) is 4.74 Å². The van der Waals surface area contributed by atoms with Crippen LogP contribution in [0.15, 0.2) is 18.2 Å². The van der Waals surface area contributed by atoms with E-state index in [9.17, 15) is 5.11 Å². The molecule has 0 saturated carbocycles. The molecule has 0 aromatic heterocycles. The van der Waals surface area contributed by atoms with Gasteiger partial charge in [-0.25, -0.2) is 0 Å². The molecule has 0 aliphatic carbocycles. The first-order chi connectivity index (χ1) is 8.85. The minimum Gasteiger partial charge on any atom is -0.508 e. The molecule has 0 amide bonds. The molecular formula is C16H27NO2. The van der Waals surface area contributed by atoms with Gasteiger partial charge in [0.05, 0.1) is 0 Å². The predicted octanol–water partition coefficient (Wildman–Crippen LogP) is 3.41. The molecule has 1 aromatic rings. The molecule has 0 aliphatic heterocycles. The summed E-state index contributed by atoms with van der Waals surface area (Å²) in [7, 11) is 1.73. The van der Waals surface area contributed by atoms with Gasteiger partial charge in [0.25, 0.3) is 0 Å². The Balaban J connectivity index is 2.59. The number of phenolic OH excluding ortho intramolecular Hbond substituents is 1. The molecule has 1 aromatic carbocycles. The largest absolute Gasteiger partial charge is 0.508 e. The second kappa shape index (κ2) is 6.92. The minimum absolute atomic E-state index is 0.140. The molecule has 1 unspecified atom stereocenters. The molecule has 0 heterocycles. The van der Waals surface area contributed by atoms with Gasteiger partial charge in [-0.15, -0.1) is 0 Å². The van der Waals surface area contributed by atoms with Gasteiger partial charge in [0.1, 0.15) is 5.75 Å². The number of methoxy groups -OCH3 is 1. The smallest absolute Gasteiger partial charge is 0.120 e. The lowest BCUT2D eigenvalue weighted by Gasteiger charge is -2.27. The van der Waals surface area contributed by atoms with Crippen LogP contribution in [-0.4, -0.2) is 25.4 Å². The number of phenols is 1. The van der Waals surface area contributed by atoms with Crippen LogP contribution in [0, 0.1) is 12.3 Å². The molecule has 3 nitrogen and oxygen atoms in total. The van der Waals surface area contributed by atoms with E-state index in [1.807, 2.05) is 19.1 Å². The van der Waals surface area contributed by atoms with E-state index < -0.39 is 0 Å². The third kappa shape index (κ3) is 5.21. The molecule has 0 spiro atoms. The van der Waals surface area contributed by atoms with Crippen LogP contribution in [0.4, 0.5) is 0 Å². The molecule has 0 fully saturated rings. The van der Waals surface area contributed by atoms with E-state index in [1.54, 1.807) is 13.2 Å². The van der Waals surface area contributed by atoms with Crippen LogP contribution < -0.4 is 5.32 Å². The summed E-state index contributed by atoms with van der Waals surface area (Å²) in [6.45, 7) is 10.2. The van der Waals surface area contributed by atoms with Crippen molar-refractivity contribution >= 4 is 0 Å². The first-order valence-corrected chi connectivity index (χ1v) is 6.87. The Kier molecular flexibility index (Phi) is 5.83. The zero-order valence-electron chi connectivity index (χ0n) is 12.8. The summed E-state index contributed by atoms with van der Waals surface area (Å²) in [4.78, 5) is 0. The highest BCUT2D eigenvalue weighted by atomic mass is 16.5. The maximum atomic E-state index is 9.92. The van der Waals surface area contributed by atoms with Crippen molar-refractivity contribution < 1.29 is 9.84 Å². The number of nitrogens with one attached hydrogen (secondary N) is 1. The topological polar surface area (TPSA) is 41.5 Å². The fourth-order valence-electron chi connectivity index (χ4n) is 2.03. The quantitative estimate of drug-likeness (QED) is 0.794. The van der Waals surface area contributed by atoms with Crippen LogP contribution in [-0.2, 0) is 4.74 Å². The Morgan fingerprint density at radius 2 is 2.05 bits per heavy atom. The molecular weight excluding hydrogens is 238 g/mol. The van der Waals surface area contributed by atoms with E-state index in [1.165, 1.54) is 5.56 Å². The van der Waals surface area contributed by atoms with Crippen molar-refractivity contribution in [1.29, 1.82) is 0 Å². The monoisotopic (exact) mass is 265 g/mol. The molecule has 1 rings (SSSR count). The van der Waals surface area contributed by atoms with E-state index in [-0.39, 0.29) is 11.5 Å². The van der Waals surface area contributed by atoms with Crippen LogP contribution in [0.3, 0.4) is 0 Å². The number of ether oxygens (including phenoxy) is 1. The van der Waals surface area contributed by atoms with Crippen LogP contribution in [0.25, 0.3) is 0 Å². The van der Waals surface area contributed by atoms with Gasteiger partial charge in [0.2, 0.25) is 0 Å². The zero-order valence-corrected chi connectivity index (χ0v) is 12.8. The van der Waals surface area contributed by atoms with Gasteiger partial charge >= 0.3 is 0 Å². The first-order valence-electron chi connectivity index (χ1n) is 6.87. The number of hydrogen-bond donors (Lipinski definition) is 2. The van der Waals surface area contributed by atoms with Gasteiger partial charge in [-0.2, -0.15) is 0 Å². The van der Waals surface area contributed by atoms with Crippen LogP contribution in [0.5, 0.6) is 5.75 Å². The molecule has 0 radical (unpaired) electrons. The summed E-state index contributed by atoms with van der Waals surface area (Å²) in [5, 5.41) is 13.4. The molecule has 1 atom stereocenters. The Labute approximate surface area is 117 Å². The highest BCUT2D eigenvalue weighted by Crippen LogP contribution is 2.26. The average molecular weight is 265 g/mol. The first kappa shape index (κ1) is 16.0. The molecule has 3 heteroatoms. The van der Waals surface area contributed by atoms with Crippen molar-refractivity contribution in [2.75, 3.05) is 20.3 Å². The van der Waals surface area contributed by atoms with Gasteiger partial charge < -0.3 is 15.2 Å². The normalized spacial score (nSPS) is 13.5. The van der Waals surface area contributed by atoms with Crippen LogP contribution >= 0.6 is 0 Å². The summed E-state index contributed by atoms with van der Waals surface area (Å²) in [6, 6.07) is 5.86.